The molecule has 4 bridgehead atoms. The van der Waals surface area contributed by atoms with Gasteiger partial charge in [-0.2, -0.15) is 0 Å². The summed E-state index contributed by atoms with van der Waals surface area (Å²) in [6.07, 6.45) is 5.79. The summed E-state index contributed by atoms with van der Waals surface area (Å²) in [4.78, 5) is 0. The average molecular weight is 294 g/mol. The third-order valence-electron chi connectivity index (χ3n) is 7.59. The van der Waals surface area contributed by atoms with E-state index in [1.165, 1.54) is 73.9 Å². The molecule has 3 heteroatoms. The van der Waals surface area contributed by atoms with Gasteiger partial charge in [-0.05, 0) is 11.8 Å². The van der Waals surface area contributed by atoms with Crippen LogP contribution in [0, 0.1) is 23.7 Å². The van der Waals surface area contributed by atoms with Gasteiger partial charge in [0.2, 0.25) is 0 Å². The van der Waals surface area contributed by atoms with E-state index in [2.05, 4.69) is 13.8 Å². The lowest BCUT2D eigenvalue weighted by Gasteiger charge is -2.53. The van der Waals surface area contributed by atoms with Crippen molar-refractivity contribution >= 4 is 0 Å². The van der Waals surface area contributed by atoms with Gasteiger partial charge in [0.25, 0.3) is 0 Å². The molecule has 3 nitrogen and oxygen atoms in total. The molecule has 6 aliphatic rings. The fourth-order valence-electron chi connectivity index (χ4n) is 6.09. The lowest BCUT2D eigenvalue weighted by Crippen LogP contribution is -2.64. The molecule has 21 heavy (non-hydrogen) atoms. The Hall–Kier alpha value is -0.120. The van der Waals surface area contributed by atoms with Crippen LogP contribution in [0.1, 0.15) is 39.5 Å². The topological polar surface area (TPSA) is 9.23 Å². The molecule has 120 valence electrons. The number of hydrogen-bond acceptors (Lipinski definition) is 1. The highest BCUT2D eigenvalue weighted by molar-refractivity contribution is 4.77. The normalized spacial score (nSPS) is 52.3. The molecule has 2 atom stereocenters. The van der Waals surface area contributed by atoms with E-state index in [4.69, 9.17) is 4.74 Å². The average Bonchev–Trinajstić information content (AvgIpc) is 2.48. The Morgan fingerprint density at radius 1 is 0.714 bits per heavy atom. The van der Waals surface area contributed by atoms with Gasteiger partial charge in [-0.3, -0.25) is 4.74 Å². The van der Waals surface area contributed by atoms with Crippen LogP contribution in [-0.2, 0) is 4.74 Å². The van der Waals surface area contributed by atoms with Crippen LogP contribution in [0.15, 0.2) is 0 Å². The van der Waals surface area contributed by atoms with Gasteiger partial charge >= 0.3 is 0 Å². The monoisotopic (exact) mass is 294 g/mol. The number of rotatable bonds is 4. The lowest BCUT2D eigenvalue weighted by atomic mass is 9.78. The molecule has 6 rings (SSSR count). The zero-order valence-corrected chi connectivity index (χ0v) is 14.1. The van der Waals surface area contributed by atoms with Crippen molar-refractivity contribution in [2.24, 2.45) is 23.7 Å². The Balaban J connectivity index is 1.33. The minimum atomic E-state index is 0.925. The quantitative estimate of drug-likeness (QED) is 0.724. The Morgan fingerprint density at radius 2 is 1.10 bits per heavy atom. The third kappa shape index (κ3) is 2.55. The van der Waals surface area contributed by atoms with Crippen LogP contribution in [0.25, 0.3) is 0 Å². The SMILES string of the molecule is CC1C[N+]2(COC[N+]34CCC(CC3)C(C)C4)CCC1CC2. The summed E-state index contributed by atoms with van der Waals surface area (Å²) >= 11 is 0. The Morgan fingerprint density at radius 3 is 1.43 bits per heavy atom. The van der Waals surface area contributed by atoms with Crippen LogP contribution < -0.4 is 0 Å². The lowest BCUT2D eigenvalue weighted by molar-refractivity contribution is -0.994. The maximum Gasteiger partial charge on any atom is 0.188 e. The second-order valence-corrected chi connectivity index (χ2v) is 9.03. The molecule has 0 saturated carbocycles. The van der Waals surface area contributed by atoms with Crippen LogP contribution >= 0.6 is 0 Å². The van der Waals surface area contributed by atoms with Crippen molar-refractivity contribution in [2.75, 3.05) is 52.7 Å². The van der Waals surface area contributed by atoms with Gasteiger partial charge in [0, 0.05) is 37.5 Å². The van der Waals surface area contributed by atoms with Gasteiger partial charge in [0.05, 0.1) is 39.3 Å². The molecule has 0 amide bonds. The largest absolute Gasteiger partial charge is 0.301 e. The van der Waals surface area contributed by atoms with Gasteiger partial charge in [-0.25, -0.2) is 0 Å². The van der Waals surface area contributed by atoms with Crippen molar-refractivity contribution in [3.8, 4) is 0 Å². The fourth-order valence-corrected chi connectivity index (χ4v) is 6.09. The first-order valence-corrected chi connectivity index (χ1v) is 9.38. The summed E-state index contributed by atoms with van der Waals surface area (Å²) in [6.45, 7) is 15.2. The number of quaternary nitrogens is 2. The van der Waals surface area contributed by atoms with Crippen molar-refractivity contribution in [1.82, 2.24) is 0 Å². The van der Waals surface area contributed by atoms with Gasteiger partial charge in [0.1, 0.15) is 0 Å². The Labute approximate surface area is 130 Å². The summed E-state index contributed by atoms with van der Waals surface area (Å²) in [7, 11) is 0. The summed E-state index contributed by atoms with van der Waals surface area (Å²) < 4.78 is 8.94. The first-order valence-electron chi connectivity index (χ1n) is 9.38. The Bertz CT molecular complexity index is 345. The second-order valence-electron chi connectivity index (χ2n) is 9.03. The highest BCUT2D eigenvalue weighted by atomic mass is 16.5. The molecule has 6 heterocycles. The predicted molar refractivity (Wildman–Crippen MR) is 84.3 cm³/mol. The van der Waals surface area contributed by atoms with Crippen molar-refractivity contribution in [1.29, 1.82) is 0 Å². The molecule has 0 aliphatic carbocycles. The van der Waals surface area contributed by atoms with Gasteiger partial charge in [-0.1, -0.05) is 13.8 Å². The molecule has 0 radical (unpaired) electrons. The number of piperidine rings is 6. The first-order chi connectivity index (χ1) is 10.1. The second kappa shape index (κ2) is 5.21. The molecule has 6 fully saturated rings. The number of ether oxygens (including phenoxy) is 1. The highest BCUT2D eigenvalue weighted by Gasteiger charge is 2.46. The first kappa shape index (κ1) is 14.5. The molecule has 0 aromatic heterocycles. The molecule has 0 N–H and O–H groups in total. The van der Waals surface area contributed by atoms with Crippen LogP contribution in [0.3, 0.4) is 0 Å². The molecule has 0 aromatic rings. The minimum Gasteiger partial charge on any atom is -0.301 e. The Kier molecular flexibility index (Phi) is 3.59. The molecule has 6 aliphatic heterocycles. The van der Waals surface area contributed by atoms with Crippen LogP contribution in [0.4, 0.5) is 0 Å². The number of fused-ring (bicyclic) bond motifs is 6. The van der Waals surface area contributed by atoms with E-state index in [0.717, 1.165) is 37.1 Å². The third-order valence-corrected chi connectivity index (χ3v) is 7.59. The zero-order chi connectivity index (χ0) is 14.5. The van der Waals surface area contributed by atoms with Gasteiger partial charge in [0.15, 0.2) is 13.5 Å². The molecular formula is C18H34N2O+2. The van der Waals surface area contributed by atoms with Crippen LogP contribution in [-0.4, -0.2) is 61.7 Å². The smallest absolute Gasteiger partial charge is 0.188 e. The summed E-state index contributed by atoms with van der Waals surface area (Å²) in [6, 6.07) is 0. The van der Waals surface area contributed by atoms with Crippen LogP contribution in [0.5, 0.6) is 0 Å². The molecule has 0 spiro atoms. The summed E-state index contributed by atoms with van der Waals surface area (Å²) in [5.74, 6) is 3.89. The van der Waals surface area contributed by atoms with Crippen molar-refractivity contribution in [2.45, 2.75) is 39.5 Å². The van der Waals surface area contributed by atoms with Crippen LogP contribution in [0.2, 0.25) is 0 Å². The van der Waals surface area contributed by atoms with E-state index in [1.54, 1.807) is 0 Å². The summed E-state index contributed by atoms with van der Waals surface area (Å²) in [5, 5.41) is 0. The van der Waals surface area contributed by atoms with E-state index in [0.29, 0.717) is 0 Å². The van der Waals surface area contributed by atoms with E-state index >= 15 is 0 Å². The van der Waals surface area contributed by atoms with E-state index < -0.39 is 0 Å². The fraction of sp³-hybridized carbons (Fsp3) is 1.00. The van der Waals surface area contributed by atoms with E-state index in [9.17, 15) is 0 Å². The number of nitrogens with zero attached hydrogens (tertiary/aromatic N) is 2. The van der Waals surface area contributed by atoms with Crippen molar-refractivity contribution in [3.63, 3.8) is 0 Å². The molecule has 2 unspecified atom stereocenters. The summed E-state index contributed by atoms with van der Waals surface area (Å²) in [5.41, 5.74) is 0. The zero-order valence-electron chi connectivity index (χ0n) is 14.1. The maximum atomic E-state index is 6.39. The van der Waals surface area contributed by atoms with Crippen molar-refractivity contribution in [3.05, 3.63) is 0 Å². The van der Waals surface area contributed by atoms with Gasteiger partial charge in [-0.15, -0.1) is 0 Å². The molecule has 0 aromatic carbocycles. The number of hydrogen-bond donors (Lipinski definition) is 0. The van der Waals surface area contributed by atoms with E-state index in [-0.39, 0.29) is 0 Å². The molecular weight excluding hydrogens is 260 g/mol. The standard InChI is InChI=1S/C18H34N2O/c1-15-11-19(7-3-17(15)4-8-19)13-21-14-20-9-5-18(6-10-20)16(2)12-20/h15-18H,3-14H2,1-2H3/q+2. The predicted octanol–water partition coefficient (Wildman–Crippen LogP) is 2.67. The van der Waals surface area contributed by atoms with Crippen molar-refractivity contribution < 1.29 is 13.7 Å². The minimum absolute atomic E-state index is 0.925. The van der Waals surface area contributed by atoms with Gasteiger partial charge < -0.3 is 8.97 Å². The molecule has 6 saturated heterocycles. The highest BCUT2D eigenvalue weighted by Crippen LogP contribution is 2.39. The van der Waals surface area contributed by atoms with E-state index in [1.807, 2.05) is 0 Å². The maximum absolute atomic E-state index is 6.39.